The van der Waals surface area contributed by atoms with Crippen molar-refractivity contribution in [2.24, 2.45) is 4.99 Å². The maximum atomic E-state index is 13.2. The summed E-state index contributed by atoms with van der Waals surface area (Å²) >= 11 is 1.47. The van der Waals surface area contributed by atoms with Crippen LogP contribution >= 0.6 is 11.8 Å². The Labute approximate surface area is 139 Å². The van der Waals surface area contributed by atoms with Crippen molar-refractivity contribution < 1.29 is 9.18 Å². The highest BCUT2D eigenvalue weighted by molar-refractivity contribution is 8.13. The molecule has 118 valence electrons. The molecular weight excluding hydrogens is 311 g/mol. The molecule has 0 saturated carbocycles. The van der Waals surface area contributed by atoms with Crippen LogP contribution in [0.3, 0.4) is 0 Å². The molecule has 0 fully saturated rings. The lowest BCUT2D eigenvalue weighted by Crippen LogP contribution is -2.32. The molecule has 23 heavy (non-hydrogen) atoms. The third-order valence-electron chi connectivity index (χ3n) is 3.60. The Morgan fingerprint density at radius 2 is 2.04 bits per heavy atom. The summed E-state index contributed by atoms with van der Waals surface area (Å²) in [5.41, 5.74) is 2.67. The van der Waals surface area contributed by atoms with Crippen LogP contribution in [-0.4, -0.2) is 29.1 Å². The Morgan fingerprint density at radius 1 is 1.26 bits per heavy atom. The Hall–Kier alpha value is -2.14. The molecule has 5 heteroatoms. The van der Waals surface area contributed by atoms with Crippen LogP contribution in [0.5, 0.6) is 0 Å². The topological polar surface area (TPSA) is 32.7 Å². The minimum absolute atomic E-state index is 0.0343. The first kappa shape index (κ1) is 15.7. The zero-order chi connectivity index (χ0) is 16.2. The van der Waals surface area contributed by atoms with E-state index in [0.29, 0.717) is 29.6 Å². The maximum absolute atomic E-state index is 13.2. The third kappa shape index (κ3) is 3.79. The number of hydrogen-bond acceptors (Lipinski definition) is 3. The number of rotatable bonds is 3. The number of nitrogens with zero attached hydrogens (tertiary/aromatic N) is 2. The highest BCUT2D eigenvalue weighted by Gasteiger charge is 2.25. The highest BCUT2D eigenvalue weighted by atomic mass is 32.2. The number of hydrogen-bond donors (Lipinski definition) is 0. The molecule has 0 spiro atoms. The summed E-state index contributed by atoms with van der Waals surface area (Å²) in [5.74, 6) is 0.311. The van der Waals surface area contributed by atoms with E-state index in [1.54, 1.807) is 11.0 Å². The van der Waals surface area contributed by atoms with Crippen molar-refractivity contribution in [3.05, 3.63) is 71.0 Å². The molecule has 0 bridgehead atoms. The van der Waals surface area contributed by atoms with Gasteiger partial charge in [0.15, 0.2) is 5.17 Å². The standard InChI is InChI=1S/C18H17FN2OS/c1-13-5-7-15(8-6-13)17(22)21-10-9-20-18(21)23-12-14-3-2-4-16(19)11-14/h2-8,11H,9-10,12H2,1H3. The zero-order valence-electron chi connectivity index (χ0n) is 12.8. The molecule has 3 rings (SSSR count). The van der Waals surface area contributed by atoms with E-state index >= 15 is 0 Å². The van der Waals surface area contributed by atoms with E-state index in [-0.39, 0.29) is 11.7 Å². The number of amides is 1. The minimum Gasteiger partial charge on any atom is -0.286 e. The van der Waals surface area contributed by atoms with Gasteiger partial charge in [0.2, 0.25) is 0 Å². The quantitative estimate of drug-likeness (QED) is 0.856. The number of benzene rings is 2. The first-order valence-corrected chi connectivity index (χ1v) is 8.42. The van der Waals surface area contributed by atoms with Gasteiger partial charge in [-0.2, -0.15) is 0 Å². The summed E-state index contributed by atoms with van der Waals surface area (Å²) in [6, 6.07) is 14.0. The van der Waals surface area contributed by atoms with Gasteiger partial charge in [-0.15, -0.1) is 0 Å². The number of aliphatic imine (C=N–C) groups is 1. The number of carbonyl (C=O) groups excluding carboxylic acids is 1. The Morgan fingerprint density at radius 3 is 2.78 bits per heavy atom. The van der Waals surface area contributed by atoms with Gasteiger partial charge in [0.25, 0.3) is 5.91 Å². The van der Waals surface area contributed by atoms with Crippen LogP contribution in [0.15, 0.2) is 53.5 Å². The summed E-state index contributed by atoms with van der Waals surface area (Å²) < 4.78 is 13.2. The highest BCUT2D eigenvalue weighted by Crippen LogP contribution is 2.22. The van der Waals surface area contributed by atoms with Gasteiger partial charge in [0.05, 0.1) is 6.54 Å². The van der Waals surface area contributed by atoms with E-state index in [0.717, 1.165) is 11.1 Å². The van der Waals surface area contributed by atoms with Gasteiger partial charge in [-0.1, -0.05) is 41.6 Å². The van der Waals surface area contributed by atoms with E-state index in [4.69, 9.17) is 0 Å². The lowest BCUT2D eigenvalue weighted by Gasteiger charge is -2.18. The van der Waals surface area contributed by atoms with Crippen molar-refractivity contribution >= 4 is 22.8 Å². The van der Waals surface area contributed by atoms with Gasteiger partial charge in [0, 0.05) is 17.9 Å². The Balaban J connectivity index is 1.67. The Kier molecular flexibility index (Phi) is 4.76. The van der Waals surface area contributed by atoms with E-state index in [1.165, 1.54) is 23.9 Å². The van der Waals surface area contributed by atoms with E-state index in [1.807, 2.05) is 37.3 Å². The smallest absolute Gasteiger partial charge is 0.259 e. The minimum atomic E-state index is -0.246. The molecule has 0 N–H and O–H groups in total. The monoisotopic (exact) mass is 328 g/mol. The molecule has 0 atom stereocenters. The molecule has 1 heterocycles. The van der Waals surface area contributed by atoms with Crippen LogP contribution in [0.25, 0.3) is 0 Å². The summed E-state index contributed by atoms with van der Waals surface area (Å²) in [5, 5.41) is 0.708. The number of thioether (sulfide) groups is 1. The van der Waals surface area contributed by atoms with Gasteiger partial charge in [-0.25, -0.2) is 4.39 Å². The number of halogens is 1. The van der Waals surface area contributed by atoms with Crippen LogP contribution in [0, 0.1) is 12.7 Å². The number of aryl methyl sites for hydroxylation is 1. The van der Waals surface area contributed by atoms with Gasteiger partial charge < -0.3 is 0 Å². The lowest BCUT2D eigenvalue weighted by molar-refractivity contribution is 0.0860. The molecule has 0 aliphatic carbocycles. The summed E-state index contributed by atoms with van der Waals surface area (Å²) in [4.78, 5) is 18.7. The van der Waals surface area contributed by atoms with Crippen molar-refractivity contribution in [3.63, 3.8) is 0 Å². The predicted molar refractivity (Wildman–Crippen MR) is 92.2 cm³/mol. The van der Waals surface area contributed by atoms with Crippen molar-refractivity contribution in [1.82, 2.24) is 4.90 Å². The third-order valence-corrected chi connectivity index (χ3v) is 4.69. The molecule has 0 unspecified atom stereocenters. The molecule has 1 amide bonds. The van der Waals surface area contributed by atoms with Gasteiger partial charge >= 0.3 is 0 Å². The van der Waals surface area contributed by atoms with Crippen LogP contribution in [0.4, 0.5) is 4.39 Å². The van der Waals surface area contributed by atoms with Crippen molar-refractivity contribution in [3.8, 4) is 0 Å². The Bertz CT molecular complexity index is 743. The van der Waals surface area contributed by atoms with Gasteiger partial charge in [-0.05, 0) is 36.8 Å². The van der Waals surface area contributed by atoms with Crippen molar-refractivity contribution in [1.29, 1.82) is 0 Å². The summed E-state index contributed by atoms with van der Waals surface area (Å²) in [7, 11) is 0. The van der Waals surface area contributed by atoms with Crippen LogP contribution in [0.1, 0.15) is 21.5 Å². The second kappa shape index (κ2) is 6.96. The molecular formula is C18H17FN2OS. The normalized spacial score (nSPS) is 14.0. The van der Waals surface area contributed by atoms with Gasteiger partial charge in [0.1, 0.15) is 5.82 Å². The van der Waals surface area contributed by atoms with Gasteiger partial charge in [-0.3, -0.25) is 14.7 Å². The molecule has 2 aromatic carbocycles. The number of carbonyl (C=O) groups is 1. The fraction of sp³-hybridized carbons (Fsp3) is 0.222. The van der Waals surface area contributed by atoms with E-state index in [2.05, 4.69) is 4.99 Å². The second-order valence-corrected chi connectivity index (χ2v) is 6.35. The molecule has 0 radical (unpaired) electrons. The molecule has 1 aliphatic heterocycles. The van der Waals surface area contributed by atoms with E-state index in [9.17, 15) is 9.18 Å². The maximum Gasteiger partial charge on any atom is 0.259 e. The van der Waals surface area contributed by atoms with Crippen molar-refractivity contribution in [2.75, 3.05) is 13.1 Å². The molecule has 0 aromatic heterocycles. The number of amidine groups is 1. The molecule has 1 aliphatic rings. The van der Waals surface area contributed by atoms with Crippen LogP contribution in [-0.2, 0) is 5.75 Å². The molecule has 0 saturated heterocycles. The van der Waals surface area contributed by atoms with Crippen LogP contribution < -0.4 is 0 Å². The second-order valence-electron chi connectivity index (χ2n) is 5.41. The average molecular weight is 328 g/mol. The average Bonchev–Trinajstić information content (AvgIpc) is 3.01. The largest absolute Gasteiger partial charge is 0.286 e. The fourth-order valence-electron chi connectivity index (χ4n) is 2.37. The first-order chi connectivity index (χ1) is 11.1. The zero-order valence-corrected chi connectivity index (χ0v) is 13.6. The summed E-state index contributed by atoms with van der Waals surface area (Å²) in [6.07, 6.45) is 0. The predicted octanol–water partition coefficient (Wildman–Crippen LogP) is 3.88. The van der Waals surface area contributed by atoms with Crippen LogP contribution in [0.2, 0.25) is 0 Å². The van der Waals surface area contributed by atoms with E-state index < -0.39 is 0 Å². The molecule has 3 nitrogen and oxygen atoms in total. The summed E-state index contributed by atoms with van der Waals surface area (Å²) in [6.45, 7) is 3.20. The first-order valence-electron chi connectivity index (χ1n) is 7.44. The van der Waals surface area contributed by atoms with Crippen molar-refractivity contribution in [2.45, 2.75) is 12.7 Å². The fourth-order valence-corrected chi connectivity index (χ4v) is 3.35. The lowest BCUT2D eigenvalue weighted by atomic mass is 10.1. The SMILES string of the molecule is Cc1ccc(C(=O)N2CCN=C2SCc2cccc(F)c2)cc1. The molecule has 2 aromatic rings.